The first kappa shape index (κ1) is 51.2. The summed E-state index contributed by atoms with van der Waals surface area (Å²) < 4.78 is 47.8. The Labute approximate surface area is 348 Å². The summed E-state index contributed by atoms with van der Waals surface area (Å²) >= 11 is 0. The fraction of sp³-hybridized carbons (Fsp3) is 0.950. The van der Waals surface area contributed by atoms with Gasteiger partial charge in [0.15, 0.2) is 12.6 Å². The Kier molecular flexibility index (Phi) is 18.9. The fourth-order valence-electron chi connectivity index (χ4n) is 8.85. The van der Waals surface area contributed by atoms with E-state index in [2.05, 4.69) is 10.4 Å². The highest BCUT2D eigenvalue weighted by molar-refractivity contribution is 5.88. The topological polar surface area (TPSA) is 246 Å². The van der Waals surface area contributed by atoms with Gasteiger partial charge in [0, 0.05) is 45.4 Å². The van der Waals surface area contributed by atoms with Gasteiger partial charge in [-0.15, -0.1) is 4.91 Å². The number of ether oxygens (including phenoxy) is 8. The zero-order valence-electron chi connectivity index (χ0n) is 37.2. The lowest BCUT2D eigenvalue weighted by Gasteiger charge is -2.49. The predicted octanol–water partition coefficient (Wildman–Crippen LogP) is 2.26. The maximum Gasteiger partial charge on any atom is 0.311 e. The number of aliphatic hydroxyl groups excluding tert-OH is 3. The smallest absolute Gasteiger partial charge is 0.311 e. The van der Waals surface area contributed by atoms with Crippen LogP contribution < -0.4 is 0 Å². The molecule has 3 aliphatic rings. The van der Waals surface area contributed by atoms with Gasteiger partial charge in [-0.25, -0.2) is 0 Å². The van der Waals surface area contributed by atoms with Gasteiger partial charge >= 0.3 is 5.97 Å². The van der Waals surface area contributed by atoms with Gasteiger partial charge in [-0.05, 0) is 60.8 Å². The number of carbonyl (C=O) groups is 1. The largest absolute Gasteiger partial charge is 0.459 e. The van der Waals surface area contributed by atoms with Crippen LogP contribution in [0.3, 0.4) is 0 Å². The average molecular weight is 852 g/mol. The minimum atomic E-state index is -2.00. The number of esters is 1. The first-order chi connectivity index (χ1) is 27.5. The molecule has 0 unspecified atom stereocenters. The lowest BCUT2D eigenvalue weighted by molar-refractivity contribution is -0.318. The van der Waals surface area contributed by atoms with Gasteiger partial charge in [-0.3, -0.25) is 9.80 Å². The highest BCUT2D eigenvalue weighted by Gasteiger charge is 2.53. The molecular formula is C40H73N3O16. The van der Waals surface area contributed by atoms with E-state index in [1.54, 1.807) is 55.4 Å². The lowest BCUT2D eigenvalue weighted by Crippen LogP contribution is -2.61. The minimum absolute atomic E-state index is 0.0546. The Bertz CT molecular complexity index is 1360. The molecule has 3 rings (SSSR count). The zero-order valence-corrected chi connectivity index (χ0v) is 37.2. The van der Waals surface area contributed by atoms with Crippen LogP contribution in [0.5, 0.6) is 0 Å². The Morgan fingerprint density at radius 3 is 2.17 bits per heavy atom. The van der Waals surface area contributed by atoms with E-state index in [1.165, 1.54) is 35.1 Å². The standard InChI is InChI=1S/C40H73N3O16/c1-14-28-40(10,49)33(45)23(4)30(41-54-20-53-16-15-51-12)21(2)18-38(8,48)35(59-37-31(44)27(43(11)42-50)17-22(3)55-37)24(5)32(25(6)36(47)57-28)58-29-19-39(9,52-13)34(46)26(7)56-29/h21-29,31-35,37,44-46,48-49H,14-20H2,1-13H3/b41-30+/t21-,22-,23+,24+,25-,26+,27+,28-,29+,31-,32+,33-,34+,35-,37+,38-,39-,40-/m1/s1. The van der Waals surface area contributed by atoms with Crippen molar-refractivity contribution in [2.45, 2.75) is 179 Å². The minimum Gasteiger partial charge on any atom is -0.459 e. The second-order valence-corrected chi connectivity index (χ2v) is 17.4. The molecule has 0 aliphatic carbocycles. The van der Waals surface area contributed by atoms with Crippen LogP contribution in [0, 0.1) is 28.6 Å². The van der Waals surface area contributed by atoms with Gasteiger partial charge < -0.3 is 68.3 Å². The molecule has 0 spiro atoms. The molecule has 0 aromatic heterocycles. The van der Waals surface area contributed by atoms with Gasteiger partial charge in [0.2, 0.25) is 6.79 Å². The zero-order chi connectivity index (χ0) is 44.6. The van der Waals surface area contributed by atoms with Crippen molar-refractivity contribution in [2.24, 2.45) is 34.1 Å². The predicted molar refractivity (Wildman–Crippen MR) is 212 cm³/mol. The van der Waals surface area contributed by atoms with Gasteiger partial charge in [0.1, 0.15) is 23.9 Å². The van der Waals surface area contributed by atoms with Crippen molar-refractivity contribution in [3.05, 3.63) is 4.91 Å². The molecular weight excluding hydrogens is 778 g/mol. The molecule has 18 atom stereocenters. The summed E-state index contributed by atoms with van der Waals surface area (Å²) in [6.45, 7) is 16.8. The highest BCUT2D eigenvalue weighted by Crippen LogP contribution is 2.41. The summed E-state index contributed by atoms with van der Waals surface area (Å²) in [5.74, 6) is -4.43. The molecule has 3 heterocycles. The van der Waals surface area contributed by atoms with Crippen molar-refractivity contribution in [3.63, 3.8) is 0 Å². The van der Waals surface area contributed by atoms with Crippen LogP contribution in [-0.4, -0.2) is 168 Å². The van der Waals surface area contributed by atoms with Crippen molar-refractivity contribution in [3.8, 4) is 0 Å². The summed E-state index contributed by atoms with van der Waals surface area (Å²) in [6, 6.07) is -0.793. The first-order valence-electron chi connectivity index (χ1n) is 20.7. The van der Waals surface area contributed by atoms with Crippen molar-refractivity contribution in [1.29, 1.82) is 0 Å². The highest BCUT2D eigenvalue weighted by atomic mass is 16.7. The third-order valence-electron chi connectivity index (χ3n) is 12.5. The summed E-state index contributed by atoms with van der Waals surface area (Å²) in [7, 11) is 4.44. The summed E-state index contributed by atoms with van der Waals surface area (Å²) in [6.07, 6.45) is -11.0. The molecule has 19 nitrogen and oxygen atoms in total. The SMILES string of the molecule is CC[C@H]1OC(=O)[C@H](C)[C@@H](O[C@H]2C[C@@](C)(OC)[C@@H](O)[C@H](C)O2)[C@H](C)[C@@H](O[C@@H]2O[C@H](C)C[C@H](N(C)N=O)[C@H]2O)[C@](C)(O)C[C@@H](C)/C(=N\OCOCCOC)[C@H](C)[C@@H](O)[C@]1(C)O. The number of hydrogen-bond donors (Lipinski definition) is 5. The Hall–Kier alpha value is -2.14. The summed E-state index contributed by atoms with van der Waals surface area (Å²) in [5.41, 5.74) is -4.69. The van der Waals surface area contributed by atoms with Crippen molar-refractivity contribution < 1.29 is 73.1 Å². The van der Waals surface area contributed by atoms with Crippen LogP contribution in [0.25, 0.3) is 0 Å². The molecule has 59 heavy (non-hydrogen) atoms. The van der Waals surface area contributed by atoms with E-state index in [9.17, 15) is 35.2 Å². The molecule has 0 bridgehead atoms. The monoisotopic (exact) mass is 851 g/mol. The molecule has 0 amide bonds. The number of rotatable bonds is 14. The molecule has 0 aromatic carbocycles. The molecule has 0 radical (unpaired) electrons. The summed E-state index contributed by atoms with van der Waals surface area (Å²) in [4.78, 5) is 31.5. The maximum atomic E-state index is 14.3. The fourth-order valence-corrected chi connectivity index (χ4v) is 8.85. The molecule has 3 saturated heterocycles. The third kappa shape index (κ3) is 12.3. The van der Waals surface area contributed by atoms with E-state index in [-0.39, 0.29) is 44.8 Å². The molecule has 19 heteroatoms. The Morgan fingerprint density at radius 1 is 0.915 bits per heavy atom. The van der Waals surface area contributed by atoms with Crippen LogP contribution in [0.2, 0.25) is 0 Å². The van der Waals surface area contributed by atoms with Gasteiger partial charge in [-0.2, -0.15) is 0 Å². The number of cyclic esters (lactones) is 1. The third-order valence-corrected chi connectivity index (χ3v) is 12.5. The van der Waals surface area contributed by atoms with E-state index in [1.807, 2.05) is 0 Å². The number of carbonyl (C=O) groups excluding carboxylic acids is 1. The maximum absolute atomic E-state index is 14.3. The average Bonchev–Trinajstić information content (AvgIpc) is 3.18. The van der Waals surface area contributed by atoms with Crippen molar-refractivity contribution in [1.82, 2.24) is 5.01 Å². The van der Waals surface area contributed by atoms with E-state index in [0.29, 0.717) is 6.61 Å². The molecule has 3 aliphatic heterocycles. The normalized spacial score (nSPS) is 45.0. The van der Waals surface area contributed by atoms with Gasteiger partial charge in [0.05, 0.1) is 77.9 Å². The molecule has 0 saturated carbocycles. The number of likely N-dealkylation sites (N-methyl/N-ethyl adjacent to an activating group) is 1. The van der Waals surface area contributed by atoms with Crippen LogP contribution >= 0.6 is 0 Å². The van der Waals surface area contributed by atoms with Gasteiger partial charge in [0.25, 0.3) is 0 Å². The molecule has 344 valence electrons. The van der Waals surface area contributed by atoms with Crippen LogP contribution in [0.15, 0.2) is 10.4 Å². The Morgan fingerprint density at radius 2 is 1.58 bits per heavy atom. The second-order valence-electron chi connectivity index (χ2n) is 17.4. The first-order valence-corrected chi connectivity index (χ1v) is 20.7. The van der Waals surface area contributed by atoms with Crippen LogP contribution in [-0.2, 0) is 47.5 Å². The van der Waals surface area contributed by atoms with E-state index >= 15 is 0 Å². The van der Waals surface area contributed by atoms with E-state index in [4.69, 9.17) is 42.7 Å². The quantitative estimate of drug-likeness (QED) is 0.0553. The van der Waals surface area contributed by atoms with Crippen molar-refractivity contribution in [2.75, 3.05) is 41.3 Å². The van der Waals surface area contributed by atoms with E-state index in [0.717, 1.165) is 5.01 Å². The Balaban J connectivity index is 2.23. The number of aliphatic hydroxyl groups is 5. The summed E-state index contributed by atoms with van der Waals surface area (Å²) in [5, 5.41) is 67.5. The van der Waals surface area contributed by atoms with Gasteiger partial charge in [-0.1, -0.05) is 32.9 Å². The number of oxime groups is 1. The second kappa shape index (κ2) is 21.8. The molecule has 5 N–H and O–H groups in total. The number of nitroso groups, excluding NO2 is 1. The number of hydrogen-bond acceptors (Lipinski definition) is 18. The molecule has 3 fully saturated rings. The lowest BCUT2D eigenvalue weighted by atomic mass is 9.73. The van der Waals surface area contributed by atoms with Crippen LogP contribution in [0.4, 0.5) is 0 Å². The van der Waals surface area contributed by atoms with Crippen LogP contribution in [0.1, 0.15) is 94.9 Å². The number of methoxy groups -OCH3 is 2. The van der Waals surface area contributed by atoms with Crippen molar-refractivity contribution >= 4 is 11.7 Å². The number of nitrogens with zero attached hydrogens (tertiary/aromatic N) is 3. The van der Waals surface area contributed by atoms with E-state index < -0.39 is 114 Å². The molecule has 0 aromatic rings.